The van der Waals surface area contributed by atoms with Gasteiger partial charge in [-0.2, -0.15) is 0 Å². The van der Waals surface area contributed by atoms with Crippen molar-refractivity contribution in [3.63, 3.8) is 0 Å². The summed E-state index contributed by atoms with van der Waals surface area (Å²) in [5.74, 6) is 0.323. The standard InChI is InChI=1S/C10H19NO/c1-3-11-10(9(2)12)7-5-4-6-8-10/h11H,3-8H2,1-2H3. The Bertz CT molecular complexity index is 154. The van der Waals surface area contributed by atoms with Gasteiger partial charge < -0.3 is 5.32 Å². The van der Waals surface area contributed by atoms with Gasteiger partial charge in [-0.05, 0) is 26.3 Å². The Labute approximate surface area is 74.7 Å². The maximum absolute atomic E-state index is 11.4. The number of hydrogen-bond donors (Lipinski definition) is 1. The highest BCUT2D eigenvalue weighted by molar-refractivity contribution is 5.86. The first-order chi connectivity index (χ1) is 5.71. The van der Waals surface area contributed by atoms with E-state index in [9.17, 15) is 4.79 Å². The second-order valence-electron chi connectivity index (χ2n) is 3.73. The van der Waals surface area contributed by atoms with E-state index in [2.05, 4.69) is 12.2 Å². The summed E-state index contributed by atoms with van der Waals surface area (Å²) >= 11 is 0. The average molecular weight is 169 g/mol. The fourth-order valence-electron chi connectivity index (χ4n) is 2.15. The number of nitrogens with one attached hydrogen (secondary N) is 1. The predicted octanol–water partition coefficient (Wildman–Crippen LogP) is 1.89. The van der Waals surface area contributed by atoms with Crippen LogP contribution in [0.5, 0.6) is 0 Å². The zero-order chi connectivity index (χ0) is 9.03. The fraction of sp³-hybridized carbons (Fsp3) is 0.900. The molecule has 1 aliphatic rings. The van der Waals surface area contributed by atoms with Crippen LogP contribution in [-0.2, 0) is 4.79 Å². The molecule has 1 fully saturated rings. The Balaban J connectivity index is 2.63. The second-order valence-corrected chi connectivity index (χ2v) is 3.73. The van der Waals surface area contributed by atoms with Crippen molar-refractivity contribution >= 4 is 5.78 Å². The maximum Gasteiger partial charge on any atom is 0.149 e. The van der Waals surface area contributed by atoms with Gasteiger partial charge in [-0.1, -0.05) is 26.2 Å². The number of hydrogen-bond acceptors (Lipinski definition) is 2. The third-order valence-corrected chi connectivity index (χ3v) is 2.90. The molecule has 0 heterocycles. The number of carbonyl (C=O) groups is 1. The van der Waals surface area contributed by atoms with Crippen LogP contribution in [-0.4, -0.2) is 17.9 Å². The summed E-state index contributed by atoms with van der Waals surface area (Å²) in [7, 11) is 0. The predicted molar refractivity (Wildman–Crippen MR) is 50.2 cm³/mol. The normalized spacial score (nSPS) is 22.2. The molecule has 0 bridgehead atoms. The van der Waals surface area contributed by atoms with E-state index in [1.165, 1.54) is 19.3 Å². The molecule has 2 heteroatoms. The van der Waals surface area contributed by atoms with Gasteiger partial charge in [0.05, 0.1) is 5.54 Å². The Morgan fingerprint density at radius 1 is 1.33 bits per heavy atom. The fourth-order valence-corrected chi connectivity index (χ4v) is 2.15. The summed E-state index contributed by atoms with van der Waals surface area (Å²) in [5.41, 5.74) is -0.160. The molecular formula is C10H19NO. The van der Waals surface area contributed by atoms with Crippen LogP contribution in [0.1, 0.15) is 46.0 Å². The molecule has 0 atom stereocenters. The van der Waals surface area contributed by atoms with Crippen LogP contribution in [0.25, 0.3) is 0 Å². The first-order valence-corrected chi connectivity index (χ1v) is 4.97. The van der Waals surface area contributed by atoms with Crippen molar-refractivity contribution in [1.29, 1.82) is 0 Å². The van der Waals surface area contributed by atoms with Crippen LogP contribution in [0.4, 0.5) is 0 Å². The van der Waals surface area contributed by atoms with Gasteiger partial charge in [-0.25, -0.2) is 0 Å². The Hall–Kier alpha value is -0.370. The van der Waals surface area contributed by atoms with Crippen molar-refractivity contribution in [1.82, 2.24) is 5.32 Å². The van der Waals surface area contributed by atoms with E-state index in [1.54, 1.807) is 6.92 Å². The zero-order valence-electron chi connectivity index (χ0n) is 8.15. The molecule has 0 amide bonds. The van der Waals surface area contributed by atoms with Crippen molar-refractivity contribution in [2.24, 2.45) is 0 Å². The van der Waals surface area contributed by atoms with E-state index in [0.29, 0.717) is 5.78 Å². The van der Waals surface area contributed by atoms with Gasteiger partial charge >= 0.3 is 0 Å². The van der Waals surface area contributed by atoms with Crippen LogP contribution in [0.3, 0.4) is 0 Å². The Morgan fingerprint density at radius 2 is 1.92 bits per heavy atom. The summed E-state index contributed by atoms with van der Waals surface area (Å²) in [6.45, 7) is 4.69. The lowest BCUT2D eigenvalue weighted by Crippen LogP contribution is -2.52. The van der Waals surface area contributed by atoms with E-state index >= 15 is 0 Å². The lowest BCUT2D eigenvalue weighted by atomic mass is 9.79. The Morgan fingerprint density at radius 3 is 2.33 bits per heavy atom. The minimum Gasteiger partial charge on any atom is -0.305 e. The average Bonchev–Trinajstić information content (AvgIpc) is 2.06. The molecule has 0 unspecified atom stereocenters. The first kappa shape index (κ1) is 9.72. The van der Waals surface area contributed by atoms with E-state index in [1.807, 2.05) is 0 Å². The van der Waals surface area contributed by atoms with Crippen molar-refractivity contribution in [2.75, 3.05) is 6.54 Å². The van der Waals surface area contributed by atoms with Gasteiger partial charge in [0.25, 0.3) is 0 Å². The lowest BCUT2D eigenvalue weighted by Gasteiger charge is -2.35. The van der Waals surface area contributed by atoms with Gasteiger partial charge in [0.1, 0.15) is 5.78 Å². The van der Waals surface area contributed by atoms with E-state index < -0.39 is 0 Å². The molecule has 0 saturated heterocycles. The third-order valence-electron chi connectivity index (χ3n) is 2.90. The molecule has 1 rings (SSSR count). The van der Waals surface area contributed by atoms with Crippen molar-refractivity contribution in [3.05, 3.63) is 0 Å². The molecule has 2 nitrogen and oxygen atoms in total. The molecule has 70 valence electrons. The van der Waals surface area contributed by atoms with Gasteiger partial charge in [-0.15, -0.1) is 0 Å². The summed E-state index contributed by atoms with van der Waals surface area (Å²) in [6.07, 6.45) is 5.77. The number of rotatable bonds is 3. The van der Waals surface area contributed by atoms with Crippen LogP contribution in [0, 0.1) is 0 Å². The van der Waals surface area contributed by atoms with Gasteiger partial charge in [-0.3, -0.25) is 4.79 Å². The van der Waals surface area contributed by atoms with Gasteiger partial charge in [0, 0.05) is 0 Å². The van der Waals surface area contributed by atoms with Crippen LogP contribution >= 0.6 is 0 Å². The molecule has 0 aliphatic heterocycles. The summed E-state index contributed by atoms with van der Waals surface area (Å²) in [6, 6.07) is 0. The molecule has 12 heavy (non-hydrogen) atoms. The SMILES string of the molecule is CCNC1(C(C)=O)CCCCC1. The smallest absolute Gasteiger partial charge is 0.149 e. The molecule has 0 aromatic rings. The number of Topliss-reactive ketones (excluding diaryl/α,β-unsaturated/α-hetero) is 1. The molecule has 1 aliphatic carbocycles. The van der Waals surface area contributed by atoms with Gasteiger partial charge in [0.15, 0.2) is 0 Å². The van der Waals surface area contributed by atoms with E-state index in [0.717, 1.165) is 19.4 Å². The molecular weight excluding hydrogens is 150 g/mol. The van der Waals surface area contributed by atoms with Crippen LogP contribution in [0.15, 0.2) is 0 Å². The highest BCUT2D eigenvalue weighted by Crippen LogP contribution is 2.28. The number of likely N-dealkylation sites (N-methyl/N-ethyl adjacent to an activating group) is 1. The zero-order valence-corrected chi connectivity index (χ0v) is 8.15. The number of carbonyl (C=O) groups excluding carboxylic acids is 1. The minimum absolute atomic E-state index is 0.160. The molecule has 0 spiro atoms. The number of ketones is 1. The highest BCUT2D eigenvalue weighted by Gasteiger charge is 2.35. The van der Waals surface area contributed by atoms with E-state index in [4.69, 9.17) is 0 Å². The minimum atomic E-state index is -0.160. The van der Waals surface area contributed by atoms with Crippen molar-refractivity contribution in [2.45, 2.75) is 51.5 Å². The van der Waals surface area contributed by atoms with E-state index in [-0.39, 0.29) is 5.54 Å². The quantitative estimate of drug-likeness (QED) is 0.699. The molecule has 1 N–H and O–H groups in total. The topological polar surface area (TPSA) is 29.1 Å². The third kappa shape index (κ3) is 1.86. The molecule has 1 saturated carbocycles. The Kier molecular flexibility index (Phi) is 3.27. The summed E-state index contributed by atoms with van der Waals surface area (Å²) in [5, 5.41) is 3.35. The van der Waals surface area contributed by atoms with Crippen LogP contribution in [0.2, 0.25) is 0 Å². The molecule has 0 radical (unpaired) electrons. The largest absolute Gasteiger partial charge is 0.305 e. The lowest BCUT2D eigenvalue weighted by molar-refractivity contribution is -0.124. The summed E-state index contributed by atoms with van der Waals surface area (Å²) in [4.78, 5) is 11.4. The van der Waals surface area contributed by atoms with Crippen molar-refractivity contribution in [3.8, 4) is 0 Å². The van der Waals surface area contributed by atoms with Crippen LogP contribution < -0.4 is 5.32 Å². The molecule has 0 aromatic carbocycles. The second kappa shape index (κ2) is 4.04. The molecule has 0 aromatic heterocycles. The van der Waals surface area contributed by atoms with Crippen molar-refractivity contribution < 1.29 is 4.79 Å². The maximum atomic E-state index is 11.4. The first-order valence-electron chi connectivity index (χ1n) is 4.97. The monoisotopic (exact) mass is 169 g/mol. The van der Waals surface area contributed by atoms with Gasteiger partial charge in [0.2, 0.25) is 0 Å². The highest BCUT2D eigenvalue weighted by atomic mass is 16.1. The summed E-state index contributed by atoms with van der Waals surface area (Å²) < 4.78 is 0.